The summed E-state index contributed by atoms with van der Waals surface area (Å²) < 4.78 is 0. The first-order chi connectivity index (χ1) is 7.91. The number of hydrogen-bond donors (Lipinski definition) is 4. The molecule has 0 radical (unpaired) electrons. The van der Waals surface area contributed by atoms with E-state index >= 15 is 0 Å². The van der Waals surface area contributed by atoms with Crippen molar-refractivity contribution in [3.8, 4) is 0 Å². The summed E-state index contributed by atoms with van der Waals surface area (Å²) in [4.78, 5) is 33.7. The van der Waals surface area contributed by atoms with Gasteiger partial charge in [-0.05, 0) is 11.0 Å². The third-order valence-corrected chi connectivity index (χ3v) is 1.90. The average Bonchev–Trinajstić information content (AvgIpc) is 2.74. The average molecular weight is 242 g/mol. The molecule has 17 heavy (non-hydrogen) atoms. The van der Waals surface area contributed by atoms with Crippen molar-refractivity contribution in [3.63, 3.8) is 0 Å². The van der Waals surface area contributed by atoms with Gasteiger partial charge < -0.3 is 26.3 Å². The number of nitrogens with one attached hydrogen (secondary N) is 2. The third kappa shape index (κ3) is 3.28. The van der Waals surface area contributed by atoms with Crippen LogP contribution < -0.4 is 11.1 Å². The van der Waals surface area contributed by atoms with Crippen LogP contribution in [-0.2, 0) is 4.79 Å². The zero-order valence-electron chi connectivity index (χ0n) is 8.54. The Morgan fingerprint density at radius 3 is 2.71 bits per heavy atom. The van der Waals surface area contributed by atoms with E-state index in [0.29, 0.717) is 0 Å². The number of nitrogens with two attached hydrogens (primary N) is 1. The molecule has 92 valence electrons. The Kier molecular flexibility index (Phi) is 3.78. The van der Waals surface area contributed by atoms with Crippen LogP contribution >= 0.6 is 0 Å². The van der Waals surface area contributed by atoms with Crippen molar-refractivity contribution < 1.29 is 19.6 Å². The molecular formula is C8H10N4O5. The van der Waals surface area contributed by atoms with Crippen LogP contribution in [0.2, 0.25) is 0 Å². The lowest BCUT2D eigenvalue weighted by atomic mass is 10.3. The van der Waals surface area contributed by atoms with Gasteiger partial charge in [-0.25, -0.2) is 4.98 Å². The van der Waals surface area contributed by atoms with E-state index in [9.17, 15) is 19.7 Å². The highest BCUT2D eigenvalue weighted by Gasteiger charge is 2.17. The van der Waals surface area contributed by atoms with Crippen LogP contribution in [0, 0.1) is 10.1 Å². The van der Waals surface area contributed by atoms with Gasteiger partial charge in [-0.1, -0.05) is 0 Å². The van der Waals surface area contributed by atoms with Gasteiger partial charge in [-0.3, -0.25) is 9.59 Å². The van der Waals surface area contributed by atoms with Gasteiger partial charge in [0.2, 0.25) is 5.91 Å². The molecule has 2 amide bonds. The van der Waals surface area contributed by atoms with Gasteiger partial charge in [0.25, 0.3) is 5.91 Å². The molecule has 0 aliphatic rings. The predicted octanol–water partition coefficient (Wildman–Crippen LogP) is -1.50. The number of carbonyl (C=O) groups excluding carboxylic acids is 2. The number of primary amides is 1. The first-order valence-corrected chi connectivity index (χ1v) is 4.51. The Morgan fingerprint density at radius 2 is 2.24 bits per heavy atom. The third-order valence-electron chi connectivity index (χ3n) is 1.90. The molecule has 0 spiro atoms. The number of H-pyrrole nitrogens is 1. The molecule has 0 aromatic carbocycles. The molecule has 0 aliphatic carbocycles. The number of aromatic nitrogens is 1. The van der Waals surface area contributed by atoms with Gasteiger partial charge in [0, 0.05) is 6.07 Å². The van der Waals surface area contributed by atoms with Crippen molar-refractivity contribution in [1.29, 1.82) is 0 Å². The van der Waals surface area contributed by atoms with Crippen molar-refractivity contribution >= 4 is 17.6 Å². The molecule has 9 heteroatoms. The quantitative estimate of drug-likeness (QED) is 0.365. The molecule has 0 bridgehead atoms. The van der Waals surface area contributed by atoms with E-state index in [4.69, 9.17) is 10.8 Å². The minimum Gasteiger partial charge on any atom is -0.381 e. The zero-order chi connectivity index (χ0) is 13.0. The zero-order valence-corrected chi connectivity index (χ0v) is 8.54. The predicted molar refractivity (Wildman–Crippen MR) is 55.0 cm³/mol. The van der Waals surface area contributed by atoms with Crippen molar-refractivity contribution in [1.82, 2.24) is 10.3 Å². The Hall–Kier alpha value is -2.42. The lowest BCUT2D eigenvalue weighted by Gasteiger charge is -2.06. The standard InChI is InChI=1S/C8H10N4O5/c9-7(14)5(13)3-10-8(15)4-1-2-6(11-4)12(16)17/h1-2,5,11,13H,3H2,(H2,9,14)(H,10,15). The second-order valence-electron chi connectivity index (χ2n) is 3.14. The van der Waals surface area contributed by atoms with E-state index in [1.54, 1.807) is 0 Å². The fourth-order valence-corrected chi connectivity index (χ4v) is 1.01. The normalized spacial score (nSPS) is 11.8. The first-order valence-electron chi connectivity index (χ1n) is 4.51. The maximum Gasteiger partial charge on any atom is 0.321 e. The summed E-state index contributed by atoms with van der Waals surface area (Å²) in [6.07, 6.45) is -1.50. The Bertz CT molecular complexity index is 455. The largest absolute Gasteiger partial charge is 0.381 e. The lowest BCUT2D eigenvalue weighted by molar-refractivity contribution is -0.389. The number of nitrogens with zero attached hydrogens (tertiary/aromatic N) is 1. The van der Waals surface area contributed by atoms with Gasteiger partial charge in [0.05, 0.1) is 6.54 Å². The lowest BCUT2D eigenvalue weighted by Crippen LogP contribution is -2.40. The Morgan fingerprint density at radius 1 is 1.59 bits per heavy atom. The van der Waals surface area contributed by atoms with Crippen LogP contribution in [0.5, 0.6) is 0 Å². The molecule has 0 aliphatic heterocycles. The molecule has 1 atom stereocenters. The fraction of sp³-hybridized carbons (Fsp3) is 0.250. The van der Waals surface area contributed by atoms with E-state index in [0.717, 1.165) is 6.07 Å². The summed E-state index contributed by atoms with van der Waals surface area (Å²) in [5.41, 5.74) is 4.72. The van der Waals surface area contributed by atoms with Crippen LogP contribution in [-0.4, -0.2) is 39.5 Å². The van der Waals surface area contributed by atoms with Crippen LogP contribution in [0.4, 0.5) is 5.82 Å². The van der Waals surface area contributed by atoms with Crippen molar-refractivity contribution in [2.24, 2.45) is 5.73 Å². The van der Waals surface area contributed by atoms with Gasteiger partial charge in [-0.15, -0.1) is 0 Å². The molecule has 1 heterocycles. The monoisotopic (exact) mass is 242 g/mol. The van der Waals surface area contributed by atoms with E-state index in [-0.39, 0.29) is 18.1 Å². The number of nitro groups is 1. The van der Waals surface area contributed by atoms with Gasteiger partial charge in [-0.2, -0.15) is 0 Å². The molecule has 1 rings (SSSR count). The Labute approximate surface area is 94.8 Å². The van der Waals surface area contributed by atoms with E-state index < -0.39 is 22.8 Å². The maximum absolute atomic E-state index is 11.4. The summed E-state index contributed by atoms with van der Waals surface area (Å²) in [6.45, 7) is -0.360. The maximum atomic E-state index is 11.4. The van der Waals surface area contributed by atoms with Gasteiger partial charge >= 0.3 is 5.82 Å². The SMILES string of the molecule is NC(=O)C(O)CNC(=O)c1ccc([N+](=O)[O-])[nH]1. The number of aliphatic hydroxyl groups is 1. The summed E-state index contributed by atoms with van der Waals surface area (Å²) in [5, 5.41) is 21.5. The molecular weight excluding hydrogens is 232 g/mol. The number of aliphatic hydroxyl groups excluding tert-OH is 1. The molecule has 5 N–H and O–H groups in total. The highest BCUT2D eigenvalue weighted by molar-refractivity contribution is 5.93. The smallest absolute Gasteiger partial charge is 0.321 e. The number of aromatic amines is 1. The highest BCUT2D eigenvalue weighted by Crippen LogP contribution is 2.09. The molecule has 9 nitrogen and oxygen atoms in total. The van der Waals surface area contributed by atoms with Crippen molar-refractivity contribution in [2.75, 3.05) is 6.54 Å². The minimum absolute atomic E-state index is 0.0478. The van der Waals surface area contributed by atoms with Crippen LogP contribution in [0.25, 0.3) is 0 Å². The molecule has 1 unspecified atom stereocenters. The van der Waals surface area contributed by atoms with E-state index in [1.807, 2.05) is 0 Å². The molecule has 0 saturated heterocycles. The highest BCUT2D eigenvalue weighted by atomic mass is 16.6. The van der Waals surface area contributed by atoms with E-state index in [2.05, 4.69) is 10.3 Å². The van der Waals surface area contributed by atoms with Crippen LogP contribution in [0.1, 0.15) is 10.5 Å². The van der Waals surface area contributed by atoms with Crippen LogP contribution in [0.15, 0.2) is 12.1 Å². The summed E-state index contributed by atoms with van der Waals surface area (Å²) in [5.74, 6) is -1.98. The summed E-state index contributed by atoms with van der Waals surface area (Å²) in [7, 11) is 0. The van der Waals surface area contributed by atoms with Crippen LogP contribution in [0.3, 0.4) is 0 Å². The second kappa shape index (κ2) is 5.07. The van der Waals surface area contributed by atoms with E-state index in [1.165, 1.54) is 6.07 Å². The number of carbonyl (C=O) groups is 2. The number of hydrogen-bond acceptors (Lipinski definition) is 5. The van der Waals surface area contributed by atoms with Gasteiger partial charge in [0.1, 0.15) is 6.10 Å². The summed E-state index contributed by atoms with van der Waals surface area (Å²) >= 11 is 0. The molecule has 1 aromatic rings. The number of rotatable bonds is 5. The topological polar surface area (TPSA) is 151 Å². The molecule has 0 saturated carbocycles. The summed E-state index contributed by atoms with van der Waals surface area (Å²) in [6, 6.07) is 2.34. The number of amides is 2. The Balaban J connectivity index is 2.58. The fourth-order valence-electron chi connectivity index (χ4n) is 1.01. The minimum atomic E-state index is -1.50. The molecule has 1 aromatic heterocycles. The van der Waals surface area contributed by atoms with Crippen molar-refractivity contribution in [2.45, 2.75) is 6.10 Å². The van der Waals surface area contributed by atoms with Crippen molar-refractivity contribution in [3.05, 3.63) is 27.9 Å². The first kappa shape index (κ1) is 12.6. The van der Waals surface area contributed by atoms with Gasteiger partial charge in [0.15, 0.2) is 5.69 Å². The molecule has 0 fully saturated rings. The second-order valence-corrected chi connectivity index (χ2v) is 3.14.